The monoisotopic (exact) mass is 239 g/mol. The van der Waals surface area contributed by atoms with Gasteiger partial charge in [0.1, 0.15) is 0 Å². The van der Waals surface area contributed by atoms with E-state index in [1.807, 2.05) is 18.2 Å². The Labute approximate surface area is 96.1 Å². The molecule has 4 heteroatoms. The SMILES string of the molecule is CCc1ccc2c(Cl)c(C(=O)[O-])sc2c1. The molecule has 2 nitrogen and oxygen atoms in total. The van der Waals surface area contributed by atoms with Crippen molar-refractivity contribution in [3.63, 3.8) is 0 Å². The zero-order chi connectivity index (χ0) is 11.0. The van der Waals surface area contributed by atoms with Crippen molar-refractivity contribution >= 4 is 39.0 Å². The number of benzene rings is 1. The standard InChI is InChI=1S/C11H9ClO2S/c1-2-6-3-4-7-8(5-6)15-10(9(7)12)11(13)14/h3-5H,2H2,1H3,(H,13,14)/p-1. The fraction of sp³-hybridized carbons (Fsp3) is 0.182. The summed E-state index contributed by atoms with van der Waals surface area (Å²) in [5, 5.41) is 11.8. The molecule has 0 aliphatic carbocycles. The van der Waals surface area contributed by atoms with Gasteiger partial charge in [0.25, 0.3) is 0 Å². The molecule has 0 N–H and O–H groups in total. The van der Waals surface area contributed by atoms with Gasteiger partial charge in [-0.1, -0.05) is 30.7 Å². The summed E-state index contributed by atoms with van der Waals surface area (Å²) in [6.45, 7) is 2.05. The number of hydrogen-bond acceptors (Lipinski definition) is 3. The van der Waals surface area contributed by atoms with Gasteiger partial charge in [-0.3, -0.25) is 0 Å². The lowest BCUT2D eigenvalue weighted by Crippen LogP contribution is -2.21. The number of rotatable bonds is 2. The van der Waals surface area contributed by atoms with Crippen LogP contribution in [0.2, 0.25) is 5.02 Å². The lowest BCUT2D eigenvalue weighted by atomic mass is 10.1. The summed E-state index contributed by atoms with van der Waals surface area (Å²) < 4.78 is 0.901. The molecule has 1 aromatic heterocycles. The van der Waals surface area contributed by atoms with Crippen molar-refractivity contribution in [2.24, 2.45) is 0 Å². The molecule has 0 saturated heterocycles. The molecule has 1 aromatic carbocycles. The molecule has 0 bridgehead atoms. The van der Waals surface area contributed by atoms with E-state index in [1.165, 1.54) is 16.9 Å². The highest BCUT2D eigenvalue weighted by atomic mass is 35.5. The van der Waals surface area contributed by atoms with Crippen LogP contribution >= 0.6 is 22.9 Å². The van der Waals surface area contributed by atoms with E-state index in [0.29, 0.717) is 0 Å². The van der Waals surface area contributed by atoms with Crippen LogP contribution in [-0.4, -0.2) is 5.97 Å². The minimum Gasteiger partial charge on any atom is -0.544 e. The fourth-order valence-corrected chi connectivity index (χ4v) is 2.87. The second-order valence-electron chi connectivity index (χ2n) is 3.22. The number of hydrogen-bond donors (Lipinski definition) is 0. The average Bonchev–Trinajstić information content (AvgIpc) is 2.55. The first-order valence-electron chi connectivity index (χ1n) is 4.55. The number of halogens is 1. The van der Waals surface area contributed by atoms with Crippen LogP contribution in [0.15, 0.2) is 18.2 Å². The van der Waals surface area contributed by atoms with Gasteiger partial charge >= 0.3 is 0 Å². The highest BCUT2D eigenvalue weighted by Gasteiger charge is 2.10. The van der Waals surface area contributed by atoms with Crippen molar-refractivity contribution in [3.05, 3.63) is 33.7 Å². The molecule has 1 heterocycles. The van der Waals surface area contributed by atoms with Crippen molar-refractivity contribution in [1.82, 2.24) is 0 Å². The summed E-state index contributed by atoms with van der Waals surface area (Å²) in [6, 6.07) is 5.79. The summed E-state index contributed by atoms with van der Waals surface area (Å²) >= 11 is 7.10. The molecule has 0 radical (unpaired) electrons. The number of thiophene rings is 1. The summed E-state index contributed by atoms with van der Waals surface area (Å²) in [6.07, 6.45) is 0.923. The molecule has 15 heavy (non-hydrogen) atoms. The van der Waals surface area contributed by atoms with Gasteiger partial charge < -0.3 is 9.90 Å². The molecule has 0 atom stereocenters. The number of aryl methyl sites for hydroxylation is 1. The number of carboxylic acids is 1. The first kappa shape index (κ1) is 10.5. The minimum atomic E-state index is -1.21. The van der Waals surface area contributed by atoms with Crippen molar-refractivity contribution in [3.8, 4) is 0 Å². The smallest absolute Gasteiger partial charge is 0.0830 e. The van der Waals surface area contributed by atoms with E-state index in [4.69, 9.17) is 11.6 Å². The Bertz CT molecular complexity index is 531. The molecule has 0 spiro atoms. The maximum absolute atomic E-state index is 10.8. The second kappa shape index (κ2) is 3.83. The Morgan fingerprint density at radius 1 is 1.53 bits per heavy atom. The molecule has 78 valence electrons. The third-order valence-corrected chi connectivity index (χ3v) is 3.92. The third kappa shape index (κ3) is 1.73. The molecule has 0 saturated carbocycles. The van der Waals surface area contributed by atoms with E-state index in [9.17, 15) is 9.90 Å². The first-order valence-corrected chi connectivity index (χ1v) is 5.75. The Balaban J connectivity index is 2.70. The first-order chi connectivity index (χ1) is 7.13. The zero-order valence-electron chi connectivity index (χ0n) is 8.04. The number of carboxylic acid groups (broad SMARTS) is 1. The van der Waals surface area contributed by atoms with Gasteiger partial charge in [0.05, 0.1) is 15.9 Å². The zero-order valence-corrected chi connectivity index (χ0v) is 9.61. The van der Waals surface area contributed by atoms with Crippen molar-refractivity contribution in [2.75, 3.05) is 0 Å². The highest BCUT2D eigenvalue weighted by molar-refractivity contribution is 7.21. The molecule has 0 amide bonds. The number of carbonyl (C=O) groups is 1. The van der Waals surface area contributed by atoms with Crippen LogP contribution < -0.4 is 5.11 Å². The minimum absolute atomic E-state index is 0.111. The van der Waals surface area contributed by atoms with Gasteiger partial charge in [-0.2, -0.15) is 0 Å². The van der Waals surface area contributed by atoms with Crippen LogP contribution in [0.25, 0.3) is 10.1 Å². The van der Waals surface area contributed by atoms with Crippen LogP contribution in [0, 0.1) is 0 Å². The third-order valence-electron chi connectivity index (χ3n) is 2.29. The summed E-state index contributed by atoms with van der Waals surface area (Å²) in [7, 11) is 0. The van der Waals surface area contributed by atoms with Gasteiger partial charge in [0, 0.05) is 10.1 Å². The Hall–Kier alpha value is -1.06. The summed E-state index contributed by atoms with van der Waals surface area (Å²) in [5.41, 5.74) is 1.17. The van der Waals surface area contributed by atoms with Crippen LogP contribution in [0.1, 0.15) is 22.2 Å². The van der Waals surface area contributed by atoms with Crippen molar-refractivity contribution in [1.29, 1.82) is 0 Å². The molecule has 0 aliphatic heterocycles. The topological polar surface area (TPSA) is 40.1 Å². The molecule has 2 rings (SSSR count). The average molecular weight is 240 g/mol. The molecular weight excluding hydrogens is 232 g/mol. The largest absolute Gasteiger partial charge is 0.544 e. The van der Waals surface area contributed by atoms with Crippen LogP contribution in [0.4, 0.5) is 0 Å². The molecule has 0 fully saturated rings. The van der Waals surface area contributed by atoms with Gasteiger partial charge in [-0.25, -0.2) is 0 Å². The summed E-state index contributed by atoms with van der Waals surface area (Å²) in [4.78, 5) is 10.9. The molecule has 2 aromatic rings. The summed E-state index contributed by atoms with van der Waals surface area (Å²) in [5.74, 6) is -1.21. The highest BCUT2D eigenvalue weighted by Crippen LogP contribution is 2.35. The molecule has 0 aliphatic rings. The van der Waals surface area contributed by atoms with Gasteiger partial charge in [-0.05, 0) is 18.1 Å². The van der Waals surface area contributed by atoms with Crippen LogP contribution in [-0.2, 0) is 6.42 Å². The van der Waals surface area contributed by atoms with E-state index >= 15 is 0 Å². The molecular formula is C11H8ClO2S-. The maximum Gasteiger partial charge on any atom is 0.0830 e. The van der Waals surface area contributed by atoms with Crippen LogP contribution in [0.3, 0.4) is 0 Å². The lowest BCUT2D eigenvalue weighted by Gasteiger charge is -1.96. The van der Waals surface area contributed by atoms with Crippen molar-refractivity contribution in [2.45, 2.75) is 13.3 Å². The predicted octanol–water partition coefficient (Wildman–Crippen LogP) is 2.48. The number of carbonyl (C=O) groups excluding carboxylic acids is 1. The lowest BCUT2D eigenvalue weighted by molar-refractivity contribution is -0.254. The predicted molar refractivity (Wildman–Crippen MR) is 60.5 cm³/mol. The fourth-order valence-electron chi connectivity index (χ4n) is 1.46. The van der Waals surface area contributed by atoms with E-state index in [-0.39, 0.29) is 9.90 Å². The van der Waals surface area contributed by atoms with Crippen LogP contribution in [0.5, 0.6) is 0 Å². The number of fused-ring (bicyclic) bond motifs is 1. The van der Waals surface area contributed by atoms with E-state index < -0.39 is 5.97 Å². The van der Waals surface area contributed by atoms with Gasteiger partial charge in [0.15, 0.2) is 0 Å². The van der Waals surface area contributed by atoms with E-state index in [2.05, 4.69) is 6.92 Å². The quantitative estimate of drug-likeness (QED) is 0.808. The van der Waals surface area contributed by atoms with Gasteiger partial charge in [0.2, 0.25) is 0 Å². The normalized spacial score (nSPS) is 10.8. The number of aromatic carboxylic acids is 1. The Morgan fingerprint density at radius 3 is 2.87 bits per heavy atom. The molecule has 0 unspecified atom stereocenters. The van der Waals surface area contributed by atoms with Crippen molar-refractivity contribution < 1.29 is 9.90 Å². The second-order valence-corrected chi connectivity index (χ2v) is 4.65. The Morgan fingerprint density at radius 2 is 2.27 bits per heavy atom. The Kier molecular flexibility index (Phi) is 2.67. The van der Waals surface area contributed by atoms with E-state index in [1.54, 1.807) is 0 Å². The van der Waals surface area contributed by atoms with Gasteiger partial charge in [-0.15, -0.1) is 11.3 Å². The maximum atomic E-state index is 10.8. The van der Waals surface area contributed by atoms with E-state index in [0.717, 1.165) is 16.5 Å².